The number of aliphatic hydroxyl groups excluding tert-OH is 1. The maximum absolute atomic E-state index is 12.6. The summed E-state index contributed by atoms with van der Waals surface area (Å²) >= 11 is 0. The quantitative estimate of drug-likeness (QED) is 0.567. The zero-order valence-electron chi connectivity index (χ0n) is 18.3. The van der Waals surface area contributed by atoms with Crippen molar-refractivity contribution in [2.45, 2.75) is 31.2 Å². The highest BCUT2D eigenvalue weighted by Crippen LogP contribution is 2.44. The van der Waals surface area contributed by atoms with Crippen LogP contribution >= 0.6 is 0 Å². The third kappa shape index (κ3) is 5.01. The van der Waals surface area contributed by atoms with Crippen molar-refractivity contribution in [3.8, 4) is 11.1 Å². The molecular formula is C25H28N2O6. The molecule has 2 atom stereocenters. The van der Waals surface area contributed by atoms with Gasteiger partial charge in [0.1, 0.15) is 13.2 Å². The number of amides is 2. The Morgan fingerprint density at radius 1 is 1.00 bits per heavy atom. The molecule has 33 heavy (non-hydrogen) atoms. The molecule has 8 heteroatoms. The molecule has 2 aliphatic rings. The first-order valence-corrected chi connectivity index (χ1v) is 11.2. The second kappa shape index (κ2) is 10.0. The molecule has 0 spiro atoms. The number of hydrogen-bond donors (Lipinski definition) is 3. The topological polar surface area (TPSA) is 116 Å². The van der Waals surface area contributed by atoms with E-state index in [2.05, 4.69) is 29.6 Å². The Morgan fingerprint density at radius 2 is 1.64 bits per heavy atom. The van der Waals surface area contributed by atoms with Gasteiger partial charge in [-0.05, 0) is 41.5 Å². The maximum atomic E-state index is 12.6. The second-order valence-electron chi connectivity index (χ2n) is 8.55. The van der Waals surface area contributed by atoms with E-state index >= 15 is 0 Å². The number of carboxylic acid groups (broad SMARTS) is 1. The van der Waals surface area contributed by atoms with Gasteiger partial charge in [0.2, 0.25) is 5.91 Å². The lowest BCUT2D eigenvalue weighted by Gasteiger charge is -2.23. The molecule has 0 radical (unpaired) electrons. The van der Waals surface area contributed by atoms with E-state index in [4.69, 9.17) is 14.9 Å². The smallest absolute Gasteiger partial charge is 0.407 e. The van der Waals surface area contributed by atoms with Gasteiger partial charge in [-0.2, -0.15) is 0 Å². The average molecular weight is 453 g/mol. The molecule has 3 N–H and O–H groups in total. The highest BCUT2D eigenvalue weighted by molar-refractivity contribution is 5.83. The van der Waals surface area contributed by atoms with E-state index in [1.807, 2.05) is 24.3 Å². The van der Waals surface area contributed by atoms with Crippen LogP contribution in [0.5, 0.6) is 0 Å². The third-order valence-electron chi connectivity index (χ3n) is 6.46. The molecule has 8 nitrogen and oxygen atoms in total. The molecule has 1 saturated carbocycles. The number of benzene rings is 2. The highest BCUT2D eigenvalue weighted by Gasteiger charge is 2.34. The van der Waals surface area contributed by atoms with E-state index in [0.717, 1.165) is 27.2 Å². The van der Waals surface area contributed by atoms with Crippen molar-refractivity contribution < 1.29 is 29.3 Å². The molecule has 0 aromatic heterocycles. The predicted molar refractivity (Wildman–Crippen MR) is 121 cm³/mol. The fourth-order valence-corrected chi connectivity index (χ4v) is 4.95. The number of alkyl carbamates (subject to hydrolysis) is 1. The molecule has 0 saturated heterocycles. The number of nitrogens with one attached hydrogen (secondary N) is 1. The van der Waals surface area contributed by atoms with Crippen molar-refractivity contribution in [2.24, 2.45) is 5.92 Å². The van der Waals surface area contributed by atoms with Crippen molar-refractivity contribution in [1.82, 2.24) is 10.2 Å². The molecule has 1 fully saturated rings. The van der Waals surface area contributed by atoms with E-state index in [9.17, 15) is 14.4 Å². The number of rotatable bonds is 8. The molecule has 2 aliphatic carbocycles. The number of hydrogen-bond acceptors (Lipinski definition) is 5. The summed E-state index contributed by atoms with van der Waals surface area (Å²) in [5.74, 6) is -1.83. The maximum Gasteiger partial charge on any atom is 0.407 e. The minimum atomic E-state index is -1.12. The lowest BCUT2D eigenvalue weighted by atomic mass is 9.98. The van der Waals surface area contributed by atoms with Crippen LogP contribution in [0.2, 0.25) is 0 Å². The predicted octanol–water partition coefficient (Wildman–Crippen LogP) is 2.60. The van der Waals surface area contributed by atoms with Gasteiger partial charge in [-0.1, -0.05) is 48.5 Å². The summed E-state index contributed by atoms with van der Waals surface area (Å²) in [6, 6.07) is 16.0. The lowest BCUT2D eigenvalue weighted by molar-refractivity contribution is -0.146. The number of carboxylic acids is 1. The Morgan fingerprint density at radius 3 is 2.24 bits per heavy atom. The SMILES string of the molecule is O=C(O)CN(CCO)C(=O)[C@@H]1CC[C@H](NC(=O)OCC2c3ccccc3-c3ccccc32)C1. The fourth-order valence-electron chi connectivity index (χ4n) is 4.95. The zero-order chi connectivity index (χ0) is 23.4. The molecule has 2 aromatic rings. The zero-order valence-corrected chi connectivity index (χ0v) is 18.3. The Balaban J connectivity index is 1.31. The Labute approximate surface area is 192 Å². The molecule has 0 bridgehead atoms. The number of carbonyl (C=O) groups is 3. The van der Waals surface area contributed by atoms with Gasteiger partial charge in [-0.25, -0.2) is 4.79 Å². The first-order chi connectivity index (χ1) is 16.0. The van der Waals surface area contributed by atoms with Gasteiger partial charge in [0.05, 0.1) is 6.61 Å². The molecule has 4 rings (SSSR count). The van der Waals surface area contributed by atoms with Crippen LogP contribution in [0, 0.1) is 5.92 Å². The van der Waals surface area contributed by atoms with Crippen LogP contribution in [0.1, 0.15) is 36.3 Å². The normalized spacial score (nSPS) is 18.9. The van der Waals surface area contributed by atoms with Crippen LogP contribution in [-0.2, 0) is 14.3 Å². The van der Waals surface area contributed by atoms with Crippen molar-refractivity contribution in [1.29, 1.82) is 0 Å². The Bertz CT molecular complexity index is 994. The van der Waals surface area contributed by atoms with Gasteiger partial charge in [-0.3, -0.25) is 9.59 Å². The van der Waals surface area contributed by atoms with Gasteiger partial charge in [-0.15, -0.1) is 0 Å². The van der Waals surface area contributed by atoms with Gasteiger partial charge < -0.3 is 25.2 Å². The van der Waals surface area contributed by atoms with Gasteiger partial charge in [0.15, 0.2) is 0 Å². The Hall–Kier alpha value is -3.39. The summed E-state index contributed by atoms with van der Waals surface area (Å²) in [6.45, 7) is -0.544. The standard InChI is InChI=1S/C25H28N2O6/c28-12-11-27(14-23(29)30)24(31)16-9-10-17(13-16)26-25(32)33-15-22-20-7-3-1-5-18(20)19-6-2-4-8-21(19)22/h1-8,16-17,22,28H,9-15H2,(H,26,32)(H,29,30)/t16-,17+/m1/s1. The van der Waals surface area contributed by atoms with Crippen LogP contribution in [0.15, 0.2) is 48.5 Å². The molecule has 0 unspecified atom stereocenters. The molecule has 0 aliphatic heterocycles. The van der Waals surface area contributed by atoms with Gasteiger partial charge >= 0.3 is 12.1 Å². The van der Waals surface area contributed by atoms with Gasteiger partial charge in [0.25, 0.3) is 0 Å². The summed E-state index contributed by atoms with van der Waals surface area (Å²) in [5, 5.41) is 21.0. The molecule has 174 valence electrons. The average Bonchev–Trinajstić information content (AvgIpc) is 3.39. The fraction of sp³-hybridized carbons (Fsp3) is 0.400. The van der Waals surface area contributed by atoms with Crippen molar-refractivity contribution >= 4 is 18.0 Å². The highest BCUT2D eigenvalue weighted by atomic mass is 16.5. The van der Waals surface area contributed by atoms with E-state index < -0.39 is 18.6 Å². The summed E-state index contributed by atoms with van der Waals surface area (Å²) in [4.78, 5) is 37.3. The van der Waals surface area contributed by atoms with E-state index in [0.29, 0.717) is 19.3 Å². The Kier molecular flexibility index (Phi) is 6.93. The number of carbonyl (C=O) groups excluding carboxylic acids is 2. The first-order valence-electron chi connectivity index (χ1n) is 11.2. The summed E-state index contributed by atoms with van der Waals surface area (Å²) in [7, 11) is 0. The van der Waals surface area contributed by atoms with Crippen LogP contribution in [0.4, 0.5) is 4.79 Å². The minimum Gasteiger partial charge on any atom is -0.480 e. The van der Waals surface area contributed by atoms with Crippen LogP contribution in [-0.4, -0.2) is 65.4 Å². The largest absolute Gasteiger partial charge is 0.480 e. The summed E-state index contributed by atoms with van der Waals surface area (Å²) < 4.78 is 5.58. The van der Waals surface area contributed by atoms with E-state index in [1.54, 1.807) is 0 Å². The van der Waals surface area contributed by atoms with Gasteiger partial charge in [0, 0.05) is 24.4 Å². The van der Waals surface area contributed by atoms with Crippen molar-refractivity contribution in [3.05, 3.63) is 59.7 Å². The van der Waals surface area contributed by atoms with Crippen LogP contribution in [0.3, 0.4) is 0 Å². The van der Waals surface area contributed by atoms with E-state index in [-0.39, 0.29) is 43.5 Å². The number of ether oxygens (including phenoxy) is 1. The number of fused-ring (bicyclic) bond motifs is 3. The van der Waals surface area contributed by atoms with Crippen molar-refractivity contribution in [2.75, 3.05) is 26.3 Å². The first kappa shape index (κ1) is 22.8. The number of nitrogens with zero attached hydrogens (tertiary/aromatic N) is 1. The van der Waals surface area contributed by atoms with E-state index in [1.165, 1.54) is 0 Å². The third-order valence-corrected chi connectivity index (χ3v) is 6.46. The monoisotopic (exact) mass is 452 g/mol. The summed E-state index contributed by atoms with van der Waals surface area (Å²) in [5.41, 5.74) is 4.60. The molecule has 2 aromatic carbocycles. The number of aliphatic carboxylic acids is 1. The molecular weight excluding hydrogens is 424 g/mol. The lowest BCUT2D eigenvalue weighted by Crippen LogP contribution is -2.41. The van der Waals surface area contributed by atoms with Crippen molar-refractivity contribution in [3.63, 3.8) is 0 Å². The summed E-state index contributed by atoms with van der Waals surface area (Å²) in [6.07, 6.45) is 1.06. The van der Waals surface area contributed by atoms with Crippen LogP contribution < -0.4 is 5.32 Å². The second-order valence-corrected chi connectivity index (χ2v) is 8.55. The number of aliphatic hydroxyl groups is 1. The minimum absolute atomic E-state index is 0.0217. The van der Waals surface area contributed by atoms with Crippen LogP contribution in [0.25, 0.3) is 11.1 Å². The molecule has 2 amide bonds. The molecule has 0 heterocycles.